The van der Waals surface area contributed by atoms with Crippen LogP contribution >= 0.6 is 0 Å². The van der Waals surface area contributed by atoms with E-state index in [1.165, 1.54) is 21.1 Å². The molecular weight excluding hydrogens is 436 g/mol. The Balaban J connectivity index is 1.70. The molecule has 0 bridgehead atoms. The van der Waals surface area contributed by atoms with Gasteiger partial charge in [-0.15, -0.1) is 0 Å². The molecule has 0 spiro atoms. The Morgan fingerprint density at radius 2 is 1.56 bits per heavy atom. The third kappa shape index (κ3) is 4.25. The van der Waals surface area contributed by atoms with E-state index >= 15 is 0 Å². The molecule has 1 unspecified atom stereocenters. The fourth-order valence-electron chi connectivity index (χ4n) is 3.58. The number of nitrogens with zero attached hydrogens (tertiary/aromatic N) is 2. The second-order valence-electron chi connectivity index (χ2n) is 7.42. The number of esters is 1. The molecule has 34 heavy (non-hydrogen) atoms. The van der Waals surface area contributed by atoms with Crippen molar-refractivity contribution >= 4 is 22.5 Å². The van der Waals surface area contributed by atoms with Gasteiger partial charge in [0.15, 0.2) is 11.8 Å². The number of ketones is 1. The molecule has 0 aliphatic heterocycles. The predicted octanol–water partition coefficient (Wildman–Crippen LogP) is 3.83. The first kappa shape index (κ1) is 22.7. The van der Waals surface area contributed by atoms with Gasteiger partial charge in [0.1, 0.15) is 11.5 Å². The van der Waals surface area contributed by atoms with Crippen molar-refractivity contribution in [2.75, 3.05) is 14.2 Å². The van der Waals surface area contributed by atoms with Crippen LogP contribution in [0, 0.1) is 0 Å². The maximum atomic E-state index is 13.2. The molecule has 3 aromatic carbocycles. The van der Waals surface area contributed by atoms with Gasteiger partial charge in [0, 0.05) is 11.5 Å². The van der Waals surface area contributed by atoms with Gasteiger partial charge in [-0.2, -0.15) is 9.78 Å². The Kier molecular flexibility index (Phi) is 6.40. The van der Waals surface area contributed by atoms with E-state index in [0.29, 0.717) is 28.0 Å². The van der Waals surface area contributed by atoms with Crippen molar-refractivity contribution in [2.45, 2.75) is 13.0 Å². The van der Waals surface area contributed by atoms with E-state index in [4.69, 9.17) is 14.2 Å². The number of para-hydroxylation sites is 1. The maximum Gasteiger partial charge on any atom is 0.360 e. The molecule has 0 saturated heterocycles. The molecule has 0 aliphatic rings. The van der Waals surface area contributed by atoms with Crippen LogP contribution in [0.15, 0.2) is 77.6 Å². The van der Waals surface area contributed by atoms with Crippen LogP contribution in [0.3, 0.4) is 0 Å². The van der Waals surface area contributed by atoms with E-state index in [1.54, 1.807) is 66.7 Å². The third-order valence-electron chi connectivity index (χ3n) is 5.33. The molecule has 8 nitrogen and oxygen atoms in total. The number of hydrogen-bond donors (Lipinski definition) is 0. The minimum absolute atomic E-state index is 0.0691. The number of carbonyl (C=O) groups excluding carboxylic acids is 2. The highest BCUT2D eigenvalue weighted by atomic mass is 16.5. The van der Waals surface area contributed by atoms with Gasteiger partial charge in [0.2, 0.25) is 5.78 Å². The molecule has 0 amide bonds. The smallest absolute Gasteiger partial charge is 0.360 e. The van der Waals surface area contributed by atoms with Crippen LogP contribution < -0.4 is 15.0 Å². The average Bonchev–Trinajstić information content (AvgIpc) is 2.88. The monoisotopic (exact) mass is 458 g/mol. The van der Waals surface area contributed by atoms with Gasteiger partial charge in [-0.3, -0.25) is 9.59 Å². The van der Waals surface area contributed by atoms with Gasteiger partial charge in [-0.1, -0.05) is 36.4 Å². The van der Waals surface area contributed by atoms with E-state index in [9.17, 15) is 14.4 Å². The van der Waals surface area contributed by atoms with Crippen LogP contribution in [0.4, 0.5) is 0 Å². The number of Topliss-reactive ketones (excluding diaryl/α,β-unsaturated/α-hetero) is 1. The van der Waals surface area contributed by atoms with Gasteiger partial charge in [0.25, 0.3) is 5.56 Å². The molecule has 0 aliphatic carbocycles. The molecule has 0 saturated carbocycles. The Morgan fingerprint density at radius 3 is 2.24 bits per heavy atom. The molecule has 0 fully saturated rings. The van der Waals surface area contributed by atoms with Crippen molar-refractivity contribution < 1.29 is 23.8 Å². The van der Waals surface area contributed by atoms with Crippen LogP contribution in [0.25, 0.3) is 16.5 Å². The SMILES string of the molecule is COc1ccc(C(=O)C(C)OC(=O)c2nn(-c3ccccc3)c(=O)c3ccccc23)c(OC)c1. The number of aromatic nitrogens is 2. The zero-order chi connectivity index (χ0) is 24.2. The molecule has 4 aromatic rings. The van der Waals surface area contributed by atoms with Crippen molar-refractivity contribution in [3.05, 3.63) is 94.4 Å². The number of rotatable bonds is 7. The van der Waals surface area contributed by atoms with E-state index in [-0.39, 0.29) is 16.8 Å². The summed E-state index contributed by atoms with van der Waals surface area (Å²) in [6, 6.07) is 20.1. The lowest BCUT2D eigenvalue weighted by Gasteiger charge is -2.16. The quantitative estimate of drug-likeness (QED) is 0.307. The highest BCUT2D eigenvalue weighted by Gasteiger charge is 2.26. The third-order valence-corrected chi connectivity index (χ3v) is 5.33. The lowest BCUT2D eigenvalue weighted by Crippen LogP contribution is -2.28. The predicted molar refractivity (Wildman–Crippen MR) is 126 cm³/mol. The summed E-state index contributed by atoms with van der Waals surface area (Å²) < 4.78 is 17.1. The molecule has 1 heterocycles. The summed E-state index contributed by atoms with van der Waals surface area (Å²) in [5.74, 6) is -0.451. The highest BCUT2D eigenvalue weighted by molar-refractivity contribution is 6.06. The molecule has 0 N–H and O–H groups in total. The molecule has 1 atom stereocenters. The van der Waals surface area contributed by atoms with Gasteiger partial charge >= 0.3 is 5.97 Å². The lowest BCUT2D eigenvalue weighted by molar-refractivity contribution is 0.0312. The molecule has 1 aromatic heterocycles. The fourth-order valence-corrected chi connectivity index (χ4v) is 3.58. The van der Waals surface area contributed by atoms with Gasteiger partial charge < -0.3 is 14.2 Å². The summed E-state index contributed by atoms with van der Waals surface area (Å²) in [6.07, 6.45) is -1.13. The molecule has 4 rings (SSSR count). The number of hydrogen-bond acceptors (Lipinski definition) is 7. The normalized spacial score (nSPS) is 11.6. The van der Waals surface area contributed by atoms with Crippen LogP contribution in [0.5, 0.6) is 11.5 Å². The minimum Gasteiger partial charge on any atom is -0.497 e. The molecule has 8 heteroatoms. The van der Waals surface area contributed by atoms with Crippen LogP contribution in [0.2, 0.25) is 0 Å². The zero-order valence-corrected chi connectivity index (χ0v) is 18.8. The second kappa shape index (κ2) is 9.58. The topological polar surface area (TPSA) is 96.7 Å². The molecule has 0 radical (unpaired) electrons. The minimum atomic E-state index is -1.13. The Hall–Kier alpha value is -4.46. The van der Waals surface area contributed by atoms with Crippen molar-refractivity contribution in [3.8, 4) is 17.2 Å². The summed E-state index contributed by atoms with van der Waals surface area (Å²) >= 11 is 0. The van der Waals surface area contributed by atoms with Crippen molar-refractivity contribution in [2.24, 2.45) is 0 Å². The number of benzene rings is 3. The molecule has 172 valence electrons. The summed E-state index contributed by atoms with van der Waals surface area (Å²) in [7, 11) is 2.94. The standard InChI is InChI=1S/C26H22N2O6/c1-16(24(29)21-14-13-18(32-2)15-22(21)33-3)34-26(31)23-19-11-7-8-12-20(19)25(30)28(27-23)17-9-5-4-6-10-17/h4-16H,1-3H3. The lowest BCUT2D eigenvalue weighted by atomic mass is 10.1. The summed E-state index contributed by atoms with van der Waals surface area (Å²) in [4.78, 5) is 39.2. The first-order chi connectivity index (χ1) is 16.4. The Labute approximate surface area is 195 Å². The first-order valence-corrected chi connectivity index (χ1v) is 10.5. The number of carbonyl (C=O) groups is 2. The highest BCUT2D eigenvalue weighted by Crippen LogP contribution is 2.26. The summed E-state index contributed by atoms with van der Waals surface area (Å²) in [6.45, 7) is 1.47. The first-order valence-electron chi connectivity index (χ1n) is 10.5. The van der Waals surface area contributed by atoms with Crippen LogP contribution in [0.1, 0.15) is 27.8 Å². The number of ether oxygens (including phenoxy) is 3. The number of methoxy groups -OCH3 is 2. The van der Waals surface area contributed by atoms with E-state index < -0.39 is 17.9 Å². The molecular formula is C26H22N2O6. The Morgan fingerprint density at radius 1 is 0.882 bits per heavy atom. The van der Waals surface area contributed by atoms with Gasteiger partial charge in [-0.25, -0.2) is 4.79 Å². The van der Waals surface area contributed by atoms with E-state index in [0.717, 1.165) is 4.68 Å². The average molecular weight is 458 g/mol. The van der Waals surface area contributed by atoms with Crippen LogP contribution in [-0.2, 0) is 4.74 Å². The van der Waals surface area contributed by atoms with Crippen LogP contribution in [-0.4, -0.2) is 41.9 Å². The van der Waals surface area contributed by atoms with Gasteiger partial charge in [-0.05, 0) is 37.3 Å². The van der Waals surface area contributed by atoms with Crippen molar-refractivity contribution in [1.29, 1.82) is 0 Å². The van der Waals surface area contributed by atoms with E-state index in [1.807, 2.05) is 6.07 Å². The largest absolute Gasteiger partial charge is 0.497 e. The van der Waals surface area contributed by atoms with Crippen molar-refractivity contribution in [1.82, 2.24) is 9.78 Å². The van der Waals surface area contributed by atoms with E-state index in [2.05, 4.69) is 5.10 Å². The maximum absolute atomic E-state index is 13.2. The summed E-state index contributed by atoms with van der Waals surface area (Å²) in [5.41, 5.74) is 0.306. The van der Waals surface area contributed by atoms with Crippen molar-refractivity contribution in [3.63, 3.8) is 0 Å². The van der Waals surface area contributed by atoms with Gasteiger partial charge in [0.05, 0.1) is 30.9 Å². The number of fused-ring (bicyclic) bond motifs is 1. The summed E-state index contributed by atoms with van der Waals surface area (Å²) in [5, 5.41) is 4.94. The zero-order valence-electron chi connectivity index (χ0n) is 18.8. The Bertz CT molecular complexity index is 1430. The second-order valence-corrected chi connectivity index (χ2v) is 7.42. The fraction of sp³-hybridized carbons (Fsp3) is 0.154.